The zero-order chi connectivity index (χ0) is 25.4. The summed E-state index contributed by atoms with van der Waals surface area (Å²) in [6.07, 6.45) is 1.40. The monoisotopic (exact) mass is 489 g/mol. The lowest BCUT2D eigenvalue weighted by Crippen LogP contribution is -2.21. The molecule has 3 aromatic carbocycles. The number of hydrogen-bond donors (Lipinski definition) is 2. The minimum Gasteiger partial charge on any atom is -0.493 e. The van der Waals surface area contributed by atoms with Crippen molar-refractivity contribution in [3.05, 3.63) is 87.9 Å². The van der Waals surface area contributed by atoms with Crippen molar-refractivity contribution in [2.24, 2.45) is 0 Å². The zero-order valence-corrected chi connectivity index (χ0v) is 20.3. The predicted octanol–water partition coefficient (Wildman–Crippen LogP) is 5.53. The van der Waals surface area contributed by atoms with E-state index in [0.717, 1.165) is 11.1 Å². The predicted molar refractivity (Wildman–Crippen MR) is 137 cm³/mol. The second-order valence-electron chi connectivity index (χ2n) is 7.68. The van der Waals surface area contributed by atoms with Crippen molar-refractivity contribution in [2.45, 2.75) is 13.8 Å². The zero-order valence-electron chi connectivity index (χ0n) is 19.5. The number of amides is 2. The van der Waals surface area contributed by atoms with Crippen LogP contribution in [0.5, 0.6) is 11.5 Å². The average Bonchev–Trinajstić information content (AvgIpc) is 2.84. The smallest absolute Gasteiger partial charge is 0.266 e. The summed E-state index contributed by atoms with van der Waals surface area (Å²) >= 11 is 6.38. The van der Waals surface area contributed by atoms with Crippen molar-refractivity contribution in [3.63, 3.8) is 0 Å². The van der Waals surface area contributed by atoms with E-state index in [1.165, 1.54) is 19.3 Å². The van der Waals surface area contributed by atoms with Crippen molar-refractivity contribution >= 4 is 40.9 Å². The molecular weight excluding hydrogens is 466 g/mol. The van der Waals surface area contributed by atoms with Crippen LogP contribution in [0.25, 0.3) is 6.08 Å². The van der Waals surface area contributed by atoms with Crippen molar-refractivity contribution in [2.75, 3.05) is 24.4 Å². The van der Waals surface area contributed by atoms with Crippen LogP contribution < -0.4 is 20.1 Å². The molecule has 0 aromatic heterocycles. The lowest BCUT2D eigenvalue weighted by atomic mass is 10.1. The van der Waals surface area contributed by atoms with Crippen LogP contribution in [0.3, 0.4) is 0 Å². The van der Waals surface area contributed by atoms with E-state index in [-0.39, 0.29) is 34.6 Å². The average molecular weight is 490 g/mol. The molecule has 0 spiro atoms. The number of carbonyl (C=O) groups excluding carboxylic acids is 2. The van der Waals surface area contributed by atoms with E-state index in [2.05, 4.69) is 10.6 Å². The fourth-order valence-corrected chi connectivity index (χ4v) is 3.42. The second kappa shape index (κ2) is 11.7. The Morgan fingerprint density at radius 2 is 1.77 bits per heavy atom. The third kappa shape index (κ3) is 6.85. The first-order valence-electron chi connectivity index (χ1n) is 10.7. The van der Waals surface area contributed by atoms with Crippen LogP contribution in [0.4, 0.5) is 11.4 Å². The highest BCUT2D eigenvalue weighted by atomic mass is 35.5. The number of carbonyl (C=O) groups is 2. The summed E-state index contributed by atoms with van der Waals surface area (Å²) in [5.74, 6) is -0.488. The van der Waals surface area contributed by atoms with Crippen molar-refractivity contribution < 1.29 is 19.1 Å². The van der Waals surface area contributed by atoms with Crippen molar-refractivity contribution in [1.29, 1.82) is 5.26 Å². The number of nitrogens with zero attached hydrogens (tertiary/aromatic N) is 1. The maximum absolute atomic E-state index is 12.6. The summed E-state index contributed by atoms with van der Waals surface area (Å²) in [5, 5.41) is 15.1. The van der Waals surface area contributed by atoms with Gasteiger partial charge in [-0.1, -0.05) is 47.5 Å². The van der Waals surface area contributed by atoms with Gasteiger partial charge in [0, 0.05) is 11.4 Å². The summed E-state index contributed by atoms with van der Waals surface area (Å²) in [4.78, 5) is 24.9. The number of benzene rings is 3. The molecule has 3 rings (SSSR count). The van der Waals surface area contributed by atoms with Crippen molar-refractivity contribution in [3.8, 4) is 17.6 Å². The molecule has 0 unspecified atom stereocenters. The molecule has 2 N–H and O–H groups in total. The number of hydrogen-bond acceptors (Lipinski definition) is 5. The van der Waals surface area contributed by atoms with Gasteiger partial charge in [0.05, 0.1) is 12.1 Å². The van der Waals surface area contributed by atoms with E-state index in [1.54, 1.807) is 24.3 Å². The Balaban J connectivity index is 1.74. The SMILES string of the molecule is COc1cc(/C=C(/C#N)C(=O)Nc2ccc(C)cc2)cc(Cl)c1OCC(=O)Nc1ccccc1C. The highest BCUT2D eigenvalue weighted by molar-refractivity contribution is 6.32. The number of ether oxygens (including phenoxy) is 2. The minimum absolute atomic E-state index is 0.116. The van der Waals surface area contributed by atoms with Crippen LogP contribution in [0.15, 0.2) is 66.2 Å². The van der Waals surface area contributed by atoms with Gasteiger partial charge in [-0.25, -0.2) is 0 Å². The van der Waals surface area contributed by atoms with Gasteiger partial charge in [-0.15, -0.1) is 0 Å². The van der Waals surface area contributed by atoms with Gasteiger partial charge in [-0.2, -0.15) is 5.26 Å². The van der Waals surface area contributed by atoms with Gasteiger partial charge < -0.3 is 20.1 Å². The standard InChI is InChI=1S/C27H24ClN3O4/c1-17-8-10-21(11-9-17)30-27(33)20(15-29)12-19-13-22(28)26(24(14-19)34-3)35-16-25(32)31-23-7-5-4-6-18(23)2/h4-14H,16H2,1-3H3,(H,30,33)(H,31,32)/b20-12-. The van der Waals surface area contributed by atoms with E-state index in [9.17, 15) is 14.9 Å². The molecule has 0 aliphatic rings. The van der Waals surface area contributed by atoms with Gasteiger partial charge in [-0.3, -0.25) is 9.59 Å². The molecule has 35 heavy (non-hydrogen) atoms. The lowest BCUT2D eigenvalue weighted by molar-refractivity contribution is -0.118. The minimum atomic E-state index is -0.556. The van der Waals surface area contributed by atoms with E-state index >= 15 is 0 Å². The fraction of sp³-hybridized carbons (Fsp3) is 0.148. The lowest BCUT2D eigenvalue weighted by Gasteiger charge is -2.14. The Kier molecular flexibility index (Phi) is 8.49. The highest BCUT2D eigenvalue weighted by Gasteiger charge is 2.16. The maximum Gasteiger partial charge on any atom is 0.266 e. The molecule has 2 amide bonds. The molecule has 7 nitrogen and oxygen atoms in total. The molecule has 0 saturated carbocycles. The van der Waals surface area contributed by atoms with Crippen LogP contribution in [-0.4, -0.2) is 25.5 Å². The first kappa shape index (κ1) is 25.3. The Morgan fingerprint density at radius 1 is 1.06 bits per heavy atom. The third-order valence-electron chi connectivity index (χ3n) is 5.00. The number of halogens is 1. The van der Waals surface area contributed by atoms with Gasteiger partial charge in [0.1, 0.15) is 11.6 Å². The van der Waals surface area contributed by atoms with Gasteiger partial charge >= 0.3 is 0 Å². The number of rotatable bonds is 8. The van der Waals surface area contributed by atoms with E-state index < -0.39 is 5.91 Å². The molecule has 0 radical (unpaired) electrons. The summed E-state index contributed by atoms with van der Waals surface area (Å²) in [5.41, 5.74) is 3.58. The largest absolute Gasteiger partial charge is 0.493 e. The molecule has 0 fully saturated rings. The van der Waals surface area contributed by atoms with Gasteiger partial charge in [0.25, 0.3) is 11.8 Å². The van der Waals surface area contributed by atoms with Crippen LogP contribution in [0.1, 0.15) is 16.7 Å². The number of anilines is 2. The van der Waals surface area contributed by atoms with E-state index in [4.69, 9.17) is 21.1 Å². The first-order chi connectivity index (χ1) is 16.8. The Labute approximate surface area is 208 Å². The van der Waals surface area contributed by atoms with Crippen LogP contribution in [0.2, 0.25) is 5.02 Å². The topological polar surface area (TPSA) is 100 Å². The molecule has 0 atom stereocenters. The molecular formula is C27H24ClN3O4. The molecule has 0 bridgehead atoms. The van der Waals surface area contributed by atoms with Crippen LogP contribution in [0, 0.1) is 25.2 Å². The number of aryl methyl sites for hydroxylation is 2. The molecule has 0 heterocycles. The number of nitrogens with one attached hydrogen (secondary N) is 2. The van der Waals surface area contributed by atoms with Gasteiger partial charge in [-0.05, 0) is 61.4 Å². The van der Waals surface area contributed by atoms with Gasteiger partial charge in [0.2, 0.25) is 0 Å². The van der Waals surface area contributed by atoms with Crippen LogP contribution in [-0.2, 0) is 9.59 Å². The molecule has 0 saturated heterocycles. The molecule has 3 aromatic rings. The van der Waals surface area contributed by atoms with Crippen molar-refractivity contribution in [1.82, 2.24) is 0 Å². The number of para-hydroxylation sites is 1. The normalized spacial score (nSPS) is 10.8. The molecule has 0 aliphatic heterocycles. The first-order valence-corrected chi connectivity index (χ1v) is 11.0. The fourth-order valence-electron chi connectivity index (χ4n) is 3.15. The Hall–Kier alpha value is -4.28. The quantitative estimate of drug-likeness (QED) is 0.320. The second-order valence-corrected chi connectivity index (χ2v) is 8.08. The summed E-state index contributed by atoms with van der Waals surface area (Å²) in [6, 6.07) is 19.6. The summed E-state index contributed by atoms with van der Waals surface area (Å²) in [7, 11) is 1.43. The molecule has 178 valence electrons. The van der Waals surface area contributed by atoms with Gasteiger partial charge in [0.15, 0.2) is 18.1 Å². The summed E-state index contributed by atoms with van der Waals surface area (Å²) < 4.78 is 11.0. The highest BCUT2D eigenvalue weighted by Crippen LogP contribution is 2.37. The maximum atomic E-state index is 12.6. The number of methoxy groups -OCH3 is 1. The summed E-state index contributed by atoms with van der Waals surface area (Å²) in [6.45, 7) is 3.54. The third-order valence-corrected chi connectivity index (χ3v) is 5.28. The Morgan fingerprint density at radius 3 is 2.43 bits per heavy atom. The van der Waals surface area contributed by atoms with Crippen LogP contribution >= 0.6 is 11.6 Å². The van der Waals surface area contributed by atoms with E-state index in [0.29, 0.717) is 16.9 Å². The van der Waals surface area contributed by atoms with E-state index in [1.807, 2.05) is 50.2 Å². The molecule has 8 heteroatoms. The Bertz CT molecular complexity index is 1310. The number of nitriles is 1. The molecule has 0 aliphatic carbocycles.